The summed E-state index contributed by atoms with van der Waals surface area (Å²) in [6.07, 6.45) is 1.44. The van der Waals surface area contributed by atoms with Gasteiger partial charge in [0.05, 0.1) is 18.8 Å². The molecule has 0 bridgehead atoms. The number of hydrogen-bond donors (Lipinski definition) is 4. The van der Waals surface area contributed by atoms with Crippen LogP contribution in [0.25, 0.3) is 0 Å². The van der Waals surface area contributed by atoms with Crippen LogP contribution in [-0.2, 0) is 4.74 Å². The van der Waals surface area contributed by atoms with Gasteiger partial charge in [0, 0.05) is 12.1 Å². The van der Waals surface area contributed by atoms with E-state index in [0.717, 1.165) is 6.42 Å². The van der Waals surface area contributed by atoms with Crippen molar-refractivity contribution in [2.45, 2.75) is 51.4 Å². The maximum absolute atomic E-state index is 12.4. The predicted molar refractivity (Wildman–Crippen MR) is 110 cm³/mol. The van der Waals surface area contributed by atoms with Crippen LogP contribution in [0, 0.1) is 13.8 Å². The summed E-state index contributed by atoms with van der Waals surface area (Å²) in [4.78, 5) is 24.4. The molecule has 9 nitrogen and oxygen atoms in total. The number of carbonyl (C=O) groups is 2. The zero-order valence-corrected chi connectivity index (χ0v) is 17.2. The minimum atomic E-state index is -0.479. The van der Waals surface area contributed by atoms with E-state index in [-0.39, 0.29) is 30.7 Å². The van der Waals surface area contributed by atoms with Crippen molar-refractivity contribution in [1.82, 2.24) is 15.8 Å². The fraction of sp³-hybridized carbons (Fsp3) is 0.476. The molecule has 0 aliphatic carbocycles. The number of carbonyl (C=O) groups excluding carboxylic acids is 2. The molecule has 3 atom stereocenters. The molecule has 3 rings (SSSR count). The number of benzene rings is 1. The van der Waals surface area contributed by atoms with Gasteiger partial charge in [-0.1, -0.05) is 23.4 Å². The maximum atomic E-state index is 12.4. The first-order valence-electron chi connectivity index (χ1n) is 10.1. The lowest BCUT2D eigenvalue weighted by atomic mass is 9.96. The van der Waals surface area contributed by atoms with Crippen LogP contribution < -0.4 is 16.0 Å². The maximum Gasteiger partial charge on any atom is 0.319 e. The molecule has 4 N–H and O–H groups in total. The van der Waals surface area contributed by atoms with E-state index in [4.69, 9.17) is 9.26 Å². The highest BCUT2D eigenvalue weighted by Gasteiger charge is 2.32. The van der Waals surface area contributed by atoms with Gasteiger partial charge in [-0.15, -0.1) is 0 Å². The predicted octanol–water partition coefficient (Wildman–Crippen LogP) is 2.14. The normalized spacial score (nSPS) is 21.1. The van der Waals surface area contributed by atoms with E-state index in [1.807, 2.05) is 6.07 Å². The molecule has 1 saturated heterocycles. The van der Waals surface area contributed by atoms with Crippen LogP contribution in [0.1, 0.15) is 41.1 Å². The van der Waals surface area contributed by atoms with Gasteiger partial charge in [-0.25, -0.2) is 4.79 Å². The second-order valence-electron chi connectivity index (χ2n) is 7.37. The van der Waals surface area contributed by atoms with Crippen LogP contribution in [0.5, 0.6) is 0 Å². The number of hydrogen-bond acceptors (Lipinski definition) is 6. The van der Waals surface area contributed by atoms with Gasteiger partial charge in [0.2, 0.25) is 0 Å². The molecule has 0 spiro atoms. The molecule has 0 saturated carbocycles. The second-order valence-corrected chi connectivity index (χ2v) is 7.37. The van der Waals surface area contributed by atoms with Crippen LogP contribution in [0.15, 0.2) is 34.9 Å². The molecule has 1 aliphatic rings. The van der Waals surface area contributed by atoms with Crippen LogP contribution in [-0.4, -0.2) is 53.6 Å². The summed E-state index contributed by atoms with van der Waals surface area (Å²) in [6, 6.07) is 8.36. The fourth-order valence-electron chi connectivity index (χ4n) is 3.52. The standard InChI is InChI=1S/C21H28N4O5/c1-13-19(14(2)30-25-13)24-21(28)22-11-10-16-8-9-17(18(12-26)29-16)23-20(27)15-6-4-3-5-7-15/h3-7,16-18,26H,8-12H2,1-2H3,(H,23,27)(H2,22,24,28)/t16-,17-,18-/m1/s1. The highest BCUT2D eigenvalue weighted by Crippen LogP contribution is 2.22. The van der Waals surface area contributed by atoms with Gasteiger partial charge in [0.1, 0.15) is 17.5 Å². The molecular weight excluding hydrogens is 388 g/mol. The number of rotatable bonds is 7. The average Bonchev–Trinajstić information content (AvgIpc) is 3.07. The Morgan fingerprint density at radius 3 is 2.63 bits per heavy atom. The van der Waals surface area contributed by atoms with E-state index in [0.29, 0.717) is 42.1 Å². The van der Waals surface area contributed by atoms with Gasteiger partial charge < -0.3 is 30.3 Å². The molecule has 30 heavy (non-hydrogen) atoms. The molecule has 1 aromatic carbocycles. The molecule has 162 valence electrons. The summed E-state index contributed by atoms with van der Waals surface area (Å²) >= 11 is 0. The van der Waals surface area contributed by atoms with Gasteiger partial charge in [-0.05, 0) is 45.2 Å². The third-order valence-corrected chi connectivity index (χ3v) is 5.17. The van der Waals surface area contributed by atoms with E-state index in [1.165, 1.54) is 0 Å². The Labute approximate surface area is 175 Å². The first kappa shape index (κ1) is 21.8. The number of ether oxygens (including phenoxy) is 1. The number of urea groups is 1. The van der Waals surface area contributed by atoms with E-state index in [9.17, 15) is 14.7 Å². The van der Waals surface area contributed by atoms with Crippen molar-refractivity contribution in [3.63, 3.8) is 0 Å². The van der Waals surface area contributed by atoms with Gasteiger partial charge in [0.15, 0.2) is 5.76 Å². The van der Waals surface area contributed by atoms with Crippen molar-refractivity contribution < 1.29 is 24.0 Å². The van der Waals surface area contributed by atoms with E-state index in [1.54, 1.807) is 38.1 Å². The largest absolute Gasteiger partial charge is 0.394 e. The summed E-state index contributed by atoms with van der Waals surface area (Å²) < 4.78 is 11.0. The van der Waals surface area contributed by atoms with Gasteiger partial charge in [-0.2, -0.15) is 0 Å². The molecule has 3 amide bonds. The van der Waals surface area contributed by atoms with Crippen LogP contribution in [0.3, 0.4) is 0 Å². The molecule has 1 aliphatic heterocycles. The summed E-state index contributed by atoms with van der Waals surface area (Å²) in [5.41, 5.74) is 1.76. The number of amides is 3. The lowest BCUT2D eigenvalue weighted by Crippen LogP contribution is -2.51. The minimum Gasteiger partial charge on any atom is -0.394 e. The number of nitrogens with zero attached hydrogens (tertiary/aromatic N) is 1. The van der Waals surface area contributed by atoms with Crippen LogP contribution in [0.2, 0.25) is 0 Å². The Balaban J connectivity index is 1.42. The Kier molecular flexibility index (Phi) is 7.42. The number of aliphatic hydroxyl groups excluding tert-OH is 1. The highest BCUT2D eigenvalue weighted by atomic mass is 16.5. The van der Waals surface area contributed by atoms with Gasteiger partial charge in [-0.3, -0.25) is 4.79 Å². The third-order valence-electron chi connectivity index (χ3n) is 5.17. The van der Waals surface area contributed by atoms with Gasteiger partial charge in [0.25, 0.3) is 5.91 Å². The summed E-state index contributed by atoms with van der Waals surface area (Å²) in [6.45, 7) is 3.72. The topological polar surface area (TPSA) is 126 Å². The van der Waals surface area contributed by atoms with E-state index >= 15 is 0 Å². The van der Waals surface area contributed by atoms with Gasteiger partial charge >= 0.3 is 6.03 Å². The number of aryl methyl sites for hydroxylation is 2. The first-order chi connectivity index (χ1) is 14.5. The van der Waals surface area contributed by atoms with Crippen molar-refractivity contribution in [2.75, 3.05) is 18.5 Å². The molecule has 1 aromatic heterocycles. The first-order valence-corrected chi connectivity index (χ1v) is 10.1. The number of aliphatic hydroxyl groups is 1. The fourth-order valence-corrected chi connectivity index (χ4v) is 3.52. The third kappa shape index (κ3) is 5.58. The SMILES string of the molecule is Cc1noc(C)c1NC(=O)NCC[C@H]1CC[C@@H](NC(=O)c2ccccc2)[C@@H](CO)O1. The molecule has 0 unspecified atom stereocenters. The van der Waals surface area contributed by atoms with E-state index < -0.39 is 6.10 Å². The Morgan fingerprint density at radius 2 is 1.97 bits per heavy atom. The zero-order valence-electron chi connectivity index (χ0n) is 17.2. The molecule has 0 radical (unpaired) electrons. The van der Waals surface area contributed by atoms with E-state index in [2.05, 4.69) is 21.1 Å². The summed E-state index contributed by atoms with van der Waals surface area (Å²) in [5, 5.41) is 22.0. The quantitative estimate of drug-likeness (QED) is 0.548. The average molecular weight is 416 g/mol. The second kappa shape index (κ2) is 10.2. The number of nitrogens with one attached hydrogen (secondary N) is 3. The van der Waals surface area contributed by atoms with Crippen molar-refractivity contribution >= 4 is 17.6 Å². The van der Waals surface area contributed by atoms with Crippen molar-refractivity contribution in [3.05, 3.63) is 47.3 Å². The van der Waals surface area contributed by atoms with Crippen molar-refractivity contribution in [3.8, 4) is 0 Å². The van der Waals surface area contributed by atoms with Crippen LogP contribution >= 0.6 is 0 Å². The minimum absolute atomic E-state index is 0.105. The summed E-state index contributed by atoms with van der Waals surface area (Å²) in [7, 11) is 0. The number of anilines is 1. The Bertz CT molecular complexity index is 835. The summed E-state index contributed by atoms with van der Waals surface area (Å²) in [5.74, 6) is 0.367. The highest BCUT2D eigenvalue weighted by molar-refractivity contribution is 5.94. The zero-order chi connectivity index (χ0) is 21.5. The van der Waals surface area contributed by atoms with Crippen molar-refractivity contribution in [1.29, 1.82) is 0 Å². The smallest absolute Gasteiger partial charge is 0.319 e. The molecule has 2 aromatic rings. The Hall–Kier alpha value is -2.91. The monoisotopic (exact) mass is 416 g/mol. The number of aromatic nitrogens is 1. The molecular formula is C21H28N4O5. The lowest BCUT2D eigenvalue weighted by Gasteiger charge is -2.36. The molecule has 9 heteroatoms. The molecule has 1 fully saturated rings. The Morgan fingerprint density at radius 1 is 1.20 bits per heavy atom. The van der Waals surface area contributed by atoms with Crippen molar-refractivity contribution in [2.24, 2.45) is 0 Å². The van der Waals surface area contributed by atoms with Crippen LogP contribution in [0.4, 0.5) is 10.5 Å². The molecule has 2 heterocycles. The lowest BCUT2D eigenvalue weighted by molar-refractivity contribution is -0.0892.